The second-order valence-corrected chi connectivity index (χ2v) is 4.86. The van der Waals surface area contributed by atoms with E-state index in [1.165, 1.54) is 6.07 Å². The molecule has 0 aliphatic rings. The molecule has 1 aromatic carbocycles. The number of methoxy groups -OCH3 is 2. The summed E-state index contributed by atoms with van der Waals surface area (Å²) in [6.07, 6.45) is -0.793. The van der Waals surface area contributed by atoms with E-state index in [2.05, 4.69) is 15.3 Å². The van der Waals surface area contributed by atoms with Crippen LogP contribution in [0.5, 0.6) is 11.5 Å². The van der Waals surface area contributed by atoms with E-state index >= 15 is 0 Å². The average Bonchev–Trinajstić information content (AvgIpc) is 2.51. The Morgan fingerprint density at radius 2 is 1.82 bits per heavy atom. The van der Waals surface area contributed by atoms with E-state index in [0.717, 1.165) is 0 Å². The first-order chi connectivity index (χ1) is 10.5. The third-order valence-corrected chi connectivity index (χ3v) is 3.14. The van der Waals surface area contributed by atoms with Gasteiger partial charge in [-0.3, -0.25) is 0 Å². The number of benzene rings is 1. The first-order valence-electron chi connectivity index (χ1n) is 6.46. The zero-order chi connectivity index (χ0) is 16.1. The second kappa shape index (κ2) is 7.15. The number of nitrogens with two attached hydrogens (primary N) is 1. The number of rotatable bonds is 6. The fourth-order valence-corrected chi connectivity index (χ4v) is 2.06. The molecule has 4 N–H and O–H groups in total. The molecule has 1 aromatic heterocycles. The Labute approximate surface area is 133 Å². The van der Waals surface area contributed by atoms with Gasteiger partial charge in [0.15, 0.2) is 0 Å². The van der Waals surface area contributed by atoms with Gasteiger partial charge in [-0.2, -0.15) is 4.98 Å². The Hall–Kier alpha value is -2.25. The van der Waals surface area contributed by atoms with E-state index in [9.17, 15) is 5.11 Å². The zero-order valence-electron chi connectivity index (χ0n) is 12.2. The van der Waals surface area contributed by atoms with Crippen LogP contribution in [-0.2, 0) is 0 Å². The molecule has 118 valence electrons. The smallest absolute Gasteiger partial charge is 0.223 e. The Morgan fingerprint density at radius 1 is 1.18 bits per heavy atom. The maximum Gasteiger partial charge on any atom is 0.223 e. The molecule has 2 aromatic rings. The molecule has 22 heavy (non-hydrogen) atoms. The van der Waals surface area contributed by atoms with Gasteiger partial charge < -0.3 is 25.6 Å². The number of nitrogen functional groups attached to an aromatic ring is 1. The van der Waals surface area contributed by atoms with Crippen molar-refractivity contribution >= 4 is 23.4 Å². The van der Waals surface area contributed by atoms with Gasteiger partial charge in [0.05, 0.1) is 20.3 Å². The summed E-state index contributed by atoms with van der Waals surface area (Å²) in [5.74, 6) is 1.70. The number of aliphatic hydroxyl groups is 1. The van der Waals surface area contributed by atoms with Gasteiger partial charge in [0, 0.05) is 18.7 Å². The monoisotopic (exact) mass is 324 g/mol. The lowest BCUT2D eigenvalue weighted by molar-refractivity contribution is 0.190. The maximum atomic E-state index is 10.3. The van der Waals surface area contributed by atoms with Crippen molar-refractivity contribution < 1.29 is 14.6 Å². The minimum Gasteiger partial charge on any atom is -0.497 e. The molecule has 2 rings (SSSR count). The van der Waals surface area contributed by atoms with Crippen molar-refractivity contribution in [2.75, 3.05) is 31.8 Å². The highest BCUT2D eigenvalue weighted by Crippen LogP contribution is 2.26. The standard InChI is InChI=1S/C14H17ClN4O3/c1-21-9-3-8(4-10(5-9)22-2)11(20)7-17-13-6-12(15)18-14(16)19-13/h3-6,11,20H,7H2,1-2H3,(H3,16,17,18,19). The van der Waals surface area contributed by atoms with Gasteiger partial charge in [0.25, 0.3) is 0 Å². The van der Waals surface area contributed by atoms with Crippen LogP contribution in [0.25, 0.3) is 0 Å². The molecule has 1 heterocycles. The first kappa shape index (κ1) is 16.1. The van der Waals surface area contributed by atoms with Crippen molar-refractivity contribution in [2.45, 2.75) is 6.10 Å². The largest absolute Gasteiger partial charge is 0.497 e. The van der Waals surface area contributed by atoms with Gasteiger partial charge in [0.1, 0.15) is 22.5 Å². The lowest BCUT2D eigenvalue weighted by Crippen LogP contribution is -2.14. The molecule has 0 aliphatic heterocycles. The zero-order valence-corrected chi connectivity index (χ0v) is 13.0. The molecule has 8 heteroatoms. The molecule has 7 nitrogen and oxygen atoms in total. The molecule has 0 amide bonds. The van der Waals surface area contributed by atoms with Crippen LogP contribution in [0.1, 0.15) is 11.7 Å². The van der Waals surface area contributed by atoms with Crippen molar-refractivity contribution in [3.05, 3.63) is 35.0 Å². The van der Waals surface area contributed by atoms with Crippen molar-refractivity contribution in [1.82, 2.24) is 9.97 Å². The summed E-state index contributed by atoms with van der Waals surface area (Å²) >= 11 is 5.79. The summed E-state index contributed by atoms with van der Waals surface area (Å²) in [5.41, 5.74) is 6.16. The summed E-state index contributed by atoms with van der Waals surface area (Å²) in [7, 11) is 3.10. The van der Waals surface area contributed by atoms with E-state index in [1.807, 2.05) is 0 Å². The van der Waals surface area contributed by atoms with Crippen LogP contribution in [0.3, 0.4) is 0 Å². The van der Waals surface area contributed by atoms with Crippen LogP contribution in [0, 0.1) is 0 Å². The predicted octanol–water partition coefficient (Wildman–Crippen LogP) is 1.87. The lowest BCUT2D eigenvalue weighted by atomic mass is 10.1. The molecule has 0 bridgehead atoms. The lowest BCUT2D eigenvalue weighted by Gasteiger charge is -2.15. The van der Waals surface area contributed by atoms with Crippen molar-refractivity contribution in [3.63, 3.8) is 0 Å². The van der Waals surface area contributed by atoms with Gasteiger partial charge in [-0.1, -0.05) is 11.6 Å². The van der Waals surface area contributed by atoms with Crippen LogP contribution in [-0.4, -0.2) is 35.8 Å². The van der Waals surface area contributed by atoms with Crippen LogP contribution in [0.2, 0.25) is 5.15 Å². The quantitative estimate of drug-likeness (QED) is 0.697. The number of anilines is 2. The SMILES string of the molecule is COc1cc(OC)cc(C(O)CNc2cc(Cl)nc(N)n2)c1. The molecule has 1 atom stereocenters. The molecular formula is C14H17ClN4O3. The Bertz CT molecular complexity index is 611. The highest BCUT2D eigenvalue weighted by molar-refractivity contribution is 6.29. The molecule has 0 saturated heterocycles. The van der Waals surface area contributed by atoms with E-state index < -0.39 is 6.10 Å². The summed E-state index contributed by atoms with van der Waals surface area (Å²) in [4.78, 5) is 7.74. The predicted molar refractivity (Wildman–Crippen MR) is 84.4 cm³/mol. The number of aromatic nitrogens is 2. The number of hydrogen-bond acceptors (Lipinski definition) is 7. The first-order valence-corrected chi connectivity index (χ1v) is 6.84. The van der Waals surface area contributed by atoms with E-state index in [1.54, 1.807) is 32.4 Å². The van der Waals surface area contributed by atoms with Crippen LogP contribution in [0.4, 0.5) is 11.8 Å². The van der Waals surface area contributed by atoms with Crippen LogP contribution in [0.15, 0.2) is 24.3 Å². The number of ether oxygens (including phenoxy) is 2. The van der Waals surface area contributed by atoms with Gasteiger partial charge in [-0.05, 0) is 17.7 Å². The molecule has 0 saturated carbocycles. The van der Waals surface area contributed by atoms with Crippen LogP contribution >= 0.6 is 11.6 Å². The van der Waals surface area contributed by atoms with Crippen molar-refractivity contribution in [1.29, 1.82) is 0 Å². The van der Waals surface area contributed by atoms with Gasteiger partial charge in [-0.25, -0.2) is 4.98 Å². The Balaban J connectivity index is 2.10. The summed E-state index contributed by atoms with van der Waals surface area (Å²) in [5, 5.41) is 13.5. The fourth-order valence-electron chi connectivity index (χ4n) is 1.87. The molecule has 0 spiro atoms. The van der Waals surface area contributed by atoms with Gasteiger partial charge in [0.2, 0.25) is 5.95 Å². The van der Waals surface area contributed by atoms with Gasteiger partial charge in [-0.15, -0.1) is 0 Å². The molecule has 0 aliphatic carbocycles. The molecule has 1 unspecified atom stereocenters. The molecule has 0 fully saturated rings. The number of hydrogen-bond donors (Lipinski definition) is 3. The fraction of sp³-hybridized carbons (Fsp3) is 0.286. The van der Waals surface area contributed by atoms with Gasteiger partial charge >= 0.3 is 0 Å². The third kappa shape index (κ3) is 4.12. The van der Waals surface area contributed by atoms with E-state index in [-0.39, 0.29) is 17.6 Å². The third-order valence-electron chi connectivity index (χ3n) is 2.95. The summed E-state index contributed by atoms with van der Waals surface area (Å²) in [6.45, 7) is 0.211. The molecular weight excluding hydrogens is 308 g/mol. The topological polar surface area (TPSA) is 103 Å². The van der Waals surface area contributed by atoms with E-state index in [0.29, 0.717) is 22.9 Å². The maximum absolute atomic E-state index is 10.3. The second-order valence-electron chi connectivity index (χ2n) is 4.48. The number of aliphatic hydroxyl groups excluding tert-OH is 1. The van der Waals surface area contributed by atoms with Crippen LogP contribution < -0.4 is 20.5 Å². The van der Waals surface area contributed by atoms with E-state index in [4.69, 9.17) is 26.8 Å². The number of halogens is 1. The minimum atomic E-state index is -0.793. The van der Waals surface area contributed by atoms with Crippen molar-refractivity contribution in [3.8, 4) is 11.5 Å². The number of nitrogens with zero attached hydrogens (tertiary/aromatic N) is 2. The highest BCUT2D eigenvalue weighted by atomic mass is 35.5. The highest BCUT2D eigenvalue weighted by Gasteiger charge is 2.12. The normalized spacial score (nSPS) is 11.8. The molecule has 0 radical (unpaired) electrons. The number of nitrogens with one attached hydrogen (secondary N) is 1. The summed E-state index contributed by atoms with van der Waals surface area (Å²) < 4.78 is 10.4. The Kier molecular flexibility index (Phi) is 5.24. The van der Waals surface area contributed by atoms with Crippen molar-refractivity contribution in [2.24, 2.45) is 0 Å². The Morgan fingerprint density at radius 3 is 2.36 bits per heavy atom. The average molecular weight is 325 g/mol. The minimum absolute atomic E-state index is 0.0625. The summed E-state index contributed by atoms with van der Waals surface area (Å²) in [6, 6.07) is 6.72.